The second-order valence-electron chi connectivity index (χ2n) is 6.95. The van der Waals surface area contributed by atoms with Crippen LogP contribution in [-0.4, -0.2) is 36.1 Å². The van der Waals surface area contributed by atoms with Gasteiger partial charge in [0.1, 0.15) is 0 Å². The van der Waals surface area contributed by atoms with Gasteiger partial charge in [-0.05, 0) is 54.1 Å². The molecule has 4 aromatic rings. The summed E-state index contributed by atoms with van der Waals surface area (Å²) in [5, 5.41) is 10.5. The van der Waals surface area contributed by atoms with Crippen LogP contribution in [-0.2, 0) is 5.75 Å². The van der Waals surface area contributed by atoms with Crippen molar-refractivity contribution in [1.82, 2.24) is 14.8 Å². The molecule has 0 radical (unpaired) electrons. The van der Waals surface area contributed by atoms with Crippen LogP contribution in [0.4, 0.5) is 0 Å². The normalized spacial score (nSPS) is 10.8. The van der Waals surface area contributed by atoms with Crippen LogP contribution in [0.25, 0.3) is 17.1 Å². The van der Waals surface area contributed by atoms with Crippen LogP contribution >= 0.6 is 39.3 Å². The Bertz CT molecular complexity index is 1240. The fourth-order valence-electron chi connectivity index (χ4n) is 3.36. The minimum Gasteiger partial charge on any atom is -0.493 e. The second kappa shape index (κ2) is 10.5. The Balaban J connectivity index is 1.81. The van der Waals surface area contributed by atoms with Crippen molar-refractivity contribution in [3.63, 3.8) is 0 Å². The van der Waals surface area contributed by atoms with Gasteiger partial charge in [0, 0.05) is 26.5 Å². The Morgan fingerprint density at radius 3 is 2.21 bits per heavy atom. The molecule has 0 saturated heterocycles. The molecule has 9 heteroatoms. The van der Waals surface area contributed by atoms with E-state index in [2.05, 4.69) is 26.1 Å². The highest BCUT2D eigenvalue weighted by Crippen LogP contribution is 2.42. The predicted molar refractivity (Wildman–Crippen MR) is 135 cm³/mol. The van der Waals surface area contributed by atoms with Crippen LogP contribution in [0.1, 0.15) is 5.56 Å². The summed E-state index contributed by atoms with van der Waals surface area (Å²) in [7, 11) is 4.76. The number of hydrogen-bond acceptors (Lipinski definition) is 6. The predicted octanol–water partition coefficient (Wildman–Crippen LogP) is 6.67. The lowest BCUT2D eigenvalue weighted by atomic mass is 10.1. The summed E-state index contributed by atoms with van der Waals surface area (Å²) in [4.78, 5) is 0. The molecule has 6 nitrogen and oxygen atoms in total. The van der Waals surface area contributed by atoms with Crippen LogP contribution < -0.4 is 14.2 Å². The number of methoxy groups -OCH3 is 3. The molecule has 1 heterocycles. The van der Waals surface area contributed by atoms with Gasteiger partial charge < -0.3 is 14.2 Å². The fourth-order valence-corrected chi connectivity index (χ4v) is 4.73. The quantitative estimate of drug-likeness (QED) is 0.230. The number of rotatable bonds is 8. The highest BCUT2D eigenvalue weighted by Gasteiger charge is 2.21. The SMILES string of the molecule is COc1cc(-c2nnc(SCc3cccc(Cl)c3)n2-c2ccc(Br)cc2)cc(OC)c1OC. The molecule has 0 aliphatic carbocycles. The van der Waals surface area contributed by atoms with Gasteiger partial charge in [0.2, 0.25) is 5.75 Å². The maximum absolute atomic E-state index is 6.15. The van der Waals surface area contributed by atoms with Gasteiger partial charge in [-0.2, -0.15) is 0 Å². The van der Waals surface area contributed by atoms with Crippen molar-refractivity contribution in [2.45, 2.75) is 10.9 Å². The van der Waals surface area contributed by atoms with Crippen molar-refractivity contribution in [2.24, 2.45) is 0 Å². The first-order valence-corrected chi connectivity index (χ1v) is 12.1. The molecule has 1 aromatic heterocycles. The number of ether oxygens (including phenoxy) is 3. The van der Waals surface area contributed by atoms with E-state index >= 15 is 0 Å². The molecule has 0 amide bonds. The fraction of sp³-hybridized carbons (Fsp3) is 0.167. The Morgan fingerprint density at radius 2 is 1.61 bits per heavy atom. The molecule has 0 N–H and O–H groups in total. The van der Waals surface area contributed by atoms with E-state index in [1.807, 2.05) is 65.2 Å². The molecule has 0 atom stereocenters. The molecular formula is C24H21BrClN3O3S. The Morgan fingerprint density at radius 1 is 0.909 bits per heavy atom. The largest absolute Gasteiger partial charge is 0.493 e. The van der Waals surface area contributed by atoms with Gasteiger partial charge in [0.05, 0.1) is 21.3 Å². The van der Waals surface area contributed by atoms with Crippen molar-refractivity contribution in [1.29, 1.82) is 0 Å². The number of benzene rings is 3. The molecule has 0 unspecified atom stereocenters. The molecule has 170 valence electrons. The van der Waals surface area contributed by atoms with Gasteiger partial charge >= 0.3 is 0 Å². The summed E-state index contributed by atoms with van der Waals surface area (Å²) in [6.07, 6.45) is 0. The summed E-state index contributed by atoms with van der Waals surface area (Å²) in [5.74, 6) is 2.97. The summed E-state index contributed by atoms with van der Waals surface area (Å²) in [6.45, 7) is 0. The van der Waals surface area contributed by atoms with Crippen LogP contribution in [0.3, 0.4) is 0 Å². The van der Waals surface area contributed by atoms with Gasteiger partial charge in [0.15, 0.2) is 22.5 Å². The molecule has 4 rings (SSSR count). The third-order valence-corrected chi connectivity index (χ3v) is 6.66. The third-order valence-electron chi connectivity index (χ3n) is 4.90. The van der Waals surface area contributed by atoms with E-state index in [0.29, 0.717) is 33.8 Å². The minimum atomic E-state index is 0.522. The smallest absolute Gasteiger partial charge is 0.203 e. The van der Waals surface area contributed by atoms with E-state index in [-0.39, 0.29) is 0 Å². The van der Waals surface area contributed by atoms with Crippen LogP contribution in [0.2, 0.25) is 5.02 Å². The van der Waals surface area contributed by atoms with Crippen molar-refractivity contribution < 1.29 is 14.2 Å². The van der Waals surface area contributed by atoms with Crippen molar-refractivity contribution in [3.05, 3.63) is 75.7 Å². The highest BCUT2D eigenvalue weighted by atomic mass is 79.9. The average molecular weight is 547 g/mol. The Labute approximate surface area is 210 Å². The van der Waals surface area contributed by atoms with E-state index in [1.165, 1.54) is 0 Å². The van der Waals surface area contributed by atoms with Gasteiger partial charge in [-0.1, -0.05) is 51.4 Å². The van der Waals surface area contributed by atoms with Crippen LogP contribution in [0.5, 0.6) is 17.2 Å². The lowest BCUT2D eigenvalue weighted by Crippen LogP contribution is -2.01. The molecule has 33 heavy (non-hydrogen) atoms. The van der Waals surface area contributed by atoms with Gasteiger partial charge in [-0.3, -0.25) is 4.57 Å². The lowest BCUT2D eigenvalue weighted by molar-refractivity contribution is 0.324. The average Bonchev–Trinajstić information content (AvgIpc) is 3.26. The van der Waals surface area contributed by atoms with E-state index in [4.69, 9.17) is 25.8 Å². The van der Waals surface area contributed by atoms with Gasteiger partial charge in [-0.25, -0.2) is 0 Å². The Hall–Kier alpha value is -2.68. The first-order chi connectivity index (χ1) is 16.0. The van der Waals surface area contributed by atoms with Gasteiger partial charge in [0.25, 0.3) is 0 Å². The molecule has 3 aromatic carbocycles. The number of aromatic nitrogens is 3. The minimum absolute atomic E-state index is 0.522. The van der Waals surface area contributed by atoms with Crippen molar-refractivity contribution in [3.8, 4) is 34.3 Å². The lowest BCUT2D eigenvalue weighted by Gasteiger charge is -2.15. The number of nitrogens with zero attached hydrogens (tertiary/aromatic N) is 3. The Kier molecular flexibility index (Phi) is 7.47. The topological polar surface area (TPSA) is 58.4 Å². The van der Waals surface area contributed by atoms with Crippen LogP contribution in [0, 0.1) is 0 Å². The molecule has 0 fully saturated rings. The van der Waals surface area contributed by atoms with E-state index in [0.717, 1.165) is 26.4 Å². The highest BCUT2D eigenvalue weighted by molar-refractivity contribution is 9.10. The zero-order chi connectivity index (χ0) is 23.4. The van der Waals surface area contributed by atoms with E-state index in [1.54, 1.807) is 33.1 Å². The standard InChI is InChI=1S/C24H21BrClN3O3S/c1-30-20-12-16(13-21(31-2)22(20)32-3)23-27-28-24(29(23)19-9-7-17(25)8-10-19)33-14-15-5-4-6-18(26)11-15/h4-13H,14H2,1-3H3. The molecule has 0 saturated carbocycles. The summed E-state index contributed by atoms with van der Waals surface area (Å²) >= 11 is 11.2. The first kappa shape index (κ1) is 23.5. The molecule has 0 spiro atoms. The monoisotopic (exact) mass is 545 g/mol. The first-order valence-electron chi connectivity index (χ1n) is 9.93. The van der Waals surface area contributed by atoms with Crippen molar-refractivity contribution in [2.75, 3.05) is 21.3 Å². The third kappa shape index (κ3) is 5.13. The zero-order valence-corrected chi connectivity index (χ0v) is 21.4. The van der Waals surface area contributed by atoms with Crippen molar-refractivity contribution >= 4 is 39.3 Å². The summed E-state index contributed by atoms with van der Waals surface area (Å²) < 4.78 is 19.5. The molecule has 0 bridgehead atoms. The molecular weight excluding hydrogens is 526 g/mol. The molecule has 0 aliphatic heterocycles. The zero-order valence-electron chi connectivity index (χ0n) is 18.2. The molecule has 0 aliphatic rings. The summed E-state index contributed by atoms with van der Waals surface area (Å²) in [5.41, 5.74) is 2.82. The number of halogens is 2. The van der Waals surface area contributed by atoms with E-state index < -0.39 is 0 Å². The van der Waals surface area contributed by atoms with E-state index in [9.17, 15) is 0 Å². The number of hydrogen-bond donors (Lipinski definition) is 0. The number of thioether (sulfide) groups is 1. The van der Waals surface area contributed by atoms with Gasteiger partial charge in [-0.15, -0.1) is 10.2 Å². The maximum atomic E-state index is 6.15. The summed E-state index contributed by atoms with van der Waals surface area (Å²) in [6, 6.07) is 19.5. The second-order valence-corrected chi connectivity index (χ2v) is 9.25. The maximum Gasteiger partial charge on any atom is 0.203 e. The van der Waals surface area contributed by atoms with Crippen LogP contribution in [0.15, 0.2) is 70.3 Å².